The Bertz CT molecular complexity index is 33.8. The first-order valence-electron chi connectivity index (χ1n) is 0.651. The van der Waals surface area contributed by atoms with E-state index >= 15 is 0 Å². The van der Waals surface area contributed by atoms with Crippen LogP contribution in [0.2, 0.25) is 0 Å². The maximum absolute atomic E-state index is 8.56. The summed E-state index contributed by atoms with van der Waals surface area (Å²) in [5, 5.41) is 13.9. The SMILES string of the molecule is O=C(O)O.[Fe].[Li]. The monoisotopic (exact) mass is 125 g/mol. The number of hydrogen-bond donors (Lipinski definition) is 2. The van der Waals surface area contributed by atoms with E-state index in [1.54, 1.807) is 0 Å². The van der Waals surface area contributed by atoms with Crippen LogP contribution in [0.5, 0.6) is 0 Å². The molecule has 0 aliphatic heterocycles. The molecule has 0 unspecified atom stereocenters. The van der Waals surface area contributed by atoms with Crippen LogP contribution in [0, 0.1) is 0 Å². The minimum absolute atomic E-state index is 0. The van der Waals surface area contributed by atoms with Crippen molar-refractivity contribution >= 4 is 25.0 Å². The van der Waals surface area contributed by atoms with E-state index in [1.807, 2.05) is 0 Å². The minimum Gasteiger partial charge on any atom is -0.450 e. The molecule has 0 aliphatic carbocycles. The molecule has 0 bridgehead atoms. The second kappa shape index (κ2) is 9.04. The Balaban J connectivity index is -0.0000000450. The standard InChI is InChI=1S/CH2O3.Fe.Li/c2-1(3)4;;/h(H2,2,3,4);;. The van der Waals surface area contributed by atoms with Crippen molar-refractivity contribution in [2.24, 2.45) is 0 Å². The first-order chi connectivity index (χ1) is 1.73. The van der Waals surface area contributed by atoms with Crippen LogP contribution in [0.15, 0.2) is 0 Å². The number of carbonyl (C=O) groups is 1. The van der Waals surface area contributed by atoms with Gasteiger partial charge in [0.25, 0.3) is 0 Å². The van der Waals surface area contributed by atoms with E-state index in [4.69, 9.17) is 15.0 Å². The second-order valence-corrected chi connectivity index (χ2v) is 0.283. The van der Waals surface area contributed by atoms with E-state index in [9.17, 15) is 0 Å². The maximum atomic E-state index is 8.56. The Morgan fingerprint density at radius 3 is 1.33 bits per heavy atom. The minimum atomic E-state index is -1.83. The summed E-state index contributed by atoms with van der Waals surface area (Å²) >= 11 is 0. The summed E-state index contributed by atoms with van der Waals surface area (Å²) in [7, 11) is 0. The van der Waals surface area contributed by atoms with Crippen molar-refractivity contribution < 1.29 is 32.1 Å². The van der Waals surface area contributed by atoms with Crippen LogP contribution < -0.4 is 0 Å². The average molecular weight is 125 g/mol. The maximum Gasteiger partial charge on any atom is 0.503 e. The second-order valence-electron chi connectivity index (χ2n) is 0.283. The molecule has 1 radical (unpaired) electrons. The van der Waals surface area contributed by atoms with Crippen LogP contribution >= 0.6 is 0 Å². The zero-order valence-corrected chi connectivity index (χ0v) is 4.26. The zero-order valence-electron chi connectivity index (χ0n) is 3.16. The molecule has 0 saturated heterocycles. The fourth-order valence-corrected chi connectivity index (χ4v) is 0. The van der Waals surface area contributed by atoms with Crippen molar-refractivity contribution in [2.45, 2.75) is 0 Å². The van der Waals surface area contributed by atoms with Gasteiger partial charge in [-0.25, -0.2) is 4.79 Å². The Labute approximate surface area is 57.4 Å². The first-order valence-corrected chi connectivity index (χ1v) is 0.651. The van der Waals surface area contributed by atoms with Gasteiger partial charge < -0.3 is 10.2 Å². The number of hydrogen-bond acceptors (Lipinski definition) is 1. The van der Waals surface area contributed by atoms with E-state index in [0.29, 0.717) is 0 Å². The molecule has 0 saturated carbocycles. The molecular formula is CH2FeLiO3. The van der Waals surface area contributed by atoms with Crippen LogP contribution in [0.4, 0.5) is 4.79 Å². The van der Waals surface area contributed by atoms with Gasteiger partial charge in [0.2, 0.25) is 0 Å². The van der Waals surface area contributed by atoms with E-state index < -0.39 is 6.16 Å². The molecule has 3 nitrogen and oxygen atoms in total. The summed E-state index contributed by atoms with van der Waals surface area (Å²) < 4.78 is 0. The molecule has 0 rings (SSSR count). The number of rotatable bonds is 0. The molecule has 0 aromatic rings. The topological polar surface area (TPSA) is 57.5 Å². The van der Waals surface area contributed by atoms with Crippen LogP contribution in [0.25, 0.3) is 0 Å². The van der Waals surface area contributed by atoms with Gasteiger partial charge in [0.05, 0.1) is 0 Å². The predicted octanol–water partition coefficient (Wildman–Crippen LogP) is -0.161. The largest absolute Gasteiger partial charge is 0.503 e. The molecule has 0 amide bonds. The average Bonchev–Trinajstić information content (AvgIpc) is 0.811. The van der Waals surface area contributed by atoms with Crippen molar-refractivity contribution in [1.29, 1.82) is 0 Å². The van der Waals surface area contributed by atoms with Gasteiger partial charge in [0.1, 0.15) is 0 Å². The van der Waals surface area contributed by atoms with Gasteiger partial charge in [-0.2, -0.15) is 0 Å². The van der Waals surface area contributed by atoms with Crippen LogP contribution in [0.1, 0.15) is 0 Å². The van der Waals surface area contributed by atoms with E-state index in [0.717, 1.165) is 0 Å². The van der Waals surface area contributed by atoms with Crippen LogP contribution in [-0.2, 0) is 17.1 Å². The van der Waals surface area contributed by atoms with Gasteiger partial charge in [0.15, 0.2) is 0 Å². The molecule has 6 heavy (non-hydrogen) atoms. The van der Waals surface area contributed by atoms with Crippen molar-refractivity contribution in [3.63, 3.8) is 0 Å². The van der Waals surface area contributed by atoms with Gasteiger partial charge >= 0.3 is 6.16 Å². The molecular weight excluding hydrogens is 123 g/mol. The smallest absolute Gasteiger partial charge is 0.450 e. The molecule has 33 valence electrons. The van der Waals surface area contributed by atoms with Crippen molar-refractivity contribution in [3.05, 3.63) is 0 Å². The molecule has 0 aromatic heterocycles. The summed E-state index contributed by atoms with van der Waals surface area (Å²) in [5.74, 6) is 0. The summed E-state index contributed by atoms with van der Waals surface area (Å²) in [6, 6.07) is 0. The quantitative estimate of drug-likeness (QED) is 0.442. The summed E-state index contributed by atoms with van der Waals surface area (Å²) in [5.41, 5.74) is 0. The zero-order chi connectivity index (χ0) is 3.58. The Kier molecular flexibility index (Phi) is 24.3. The predicted molar refractivity (Wildman–Crippen MR) is 16.4 cm³/mol. The molecule has 0 fully saturated rings. The van der Waals surface area contributed by atoms with Gasteiger partial charge in [-0.3, -0.25) is 0 Å². The Morgan fingerprint density at radius 2 is 1.33 bits per heavy atom. The van der Waals surface area contributed by atoms with Gasteiger partial charge in [-0.15, -0.1) is 0 Å². The van der Waals surface area contributed by atoms with E-state index in [2.05, 4.69) is 0 Å². The third-order valence-electron chi connectivity index (χ3n) is 0. The third kappa shape index (κ3) is 336. The van der Waals surface area contributed by atoms with Gasteiger partial charge in [-0.1, -0.05) is 0 Å². The van der Waals surface area contributed by atoms with Crippen molar-refractivity contribution in [2.75, 3.05) is 0 Å². The fraction of sp³-hybridized carbons (Fsp3) is 0. The van der Waals surface area contributed by atoms with E-state index in [1.165, 1.54) is 0 Å². The van der Waals surface area contributed by atoms with Crippen molar-refractivity contribution in [1.82, 2.24) is 0 Å². The first kappa shape index (κ1) is 16.2. The molecule has 0 aromatic carbocycles. The summed E-state index contributed by atoms with van der Waals surface area (Å²) in [4.78, 5) is 8.56. The normalized spacial score (nSPS) is 4.00. The Morgan fingerprint density at radius 1 is 1.33 bits per heavy atom. The summed E-state index contributed by atoms with van der Waals surface area (Å²) in [6.45, 7) is 0. The van der Waals surface area contributed by atoms with Crippen molar-refractivity contribution in [3.8, 4) is 0 Å². The fourth-order valence-electron chi connectivity index (χ4n) is 0. The molecule has 0 aliphatic rings. The van der Waals surface area contributed by atoms with Crippen LogP contribution in [-0.4, -0.2) is 35.2 Å². The third-order valence-corrected chi connectivity index (χ3v) is 0. The Hall–Kier alpha value is 0.387. The van der Waals surface area contributed by atoms with Gasteiger partial charge in [-0.05, 0) is 0 Å². The summed E-state index contributed by atoms with van der Waals surface area (Å²) in [6.07, 6.45) is -1.83. The molecule has 0 atom stereocenters. The molecule has 5 heteroatoms. The van der Waals surface area contributed by atoms with E-state index in [-0.39, 0.29) is 35.9 Å². The number of carboxylic acid groups (broad SMARTS) is 2. The van der Waals surface area contributed by atoms with Gasteiger partial charge in [0, 0.05) is 35.9 Å². The molecule has 0 spiro atoms. The van der Waals surface area contributed by atoms with Crippen LogP contribution in [0.3, 0.4) is 0 Å². The molecule has 0 heterocycles. The molecule has 2 N–H and O–H groups in total.